The minimum atomic E-state index is -0.528. The number of nitrogens with one attached hydrogen (secondary N) is 3. The molecule has 23 heavy (non-hydrogen) atoms. The van der Waals surface area contributed by atoms with Gasteiger partial charge in [-0.05, 0) is 26.0 Å². The van der Waals surface area contributed by atoms with Crippen LogP contribution in [-0.2, 0) is 0 Å². The zero-order valence-electron chi connectivity index (χ0n) is 13.2. The predicted octanol–water partition coefficient (Wildman–Crippen LogP) is 2.20. The smallest absolute Gasteiger partial charge is 0.254 e. The highest BCUT2D eigenvalue weighted by molar-refractivity contribution is 5.94. The third kappa shape index (κ3) is 4.91. The number of carbonyl (C=O) groups is 1. The minimum Gasteiger partial charge on any atom is -0.370 e. The number of hydrogen-bond donors (Lipinski definition) is 3. The number of aryl methyl sites for hydroxylation is 1. The molecule has 0 spiro atoms. The predicted molar refractivity (Wildman–Crippen MR) is 88.2 cm³/mol. The number of halogens is 1. The largest absolute Gasteiger partial charge is 0.370 e. The van der Waals surface area contributed by atoms with E-state index in [1.807, 2.05) is 13.8 Å². The first-order valence-corrected chi connectivity index (χ1v) is 7.46. The van der Waals surface area contributed by atoms with Crippen LogP contribution >= 0.6 is 0 Å². The maximum Gasteiger partial charge on any atom is 0.254 e. The van der Waals surface area contributed by atoms with Crippen molar-refractivity contribution in [1.29, 1.82) is 0 Å². The van der Waals surface area contributed by atoms with Crippen LogP contribution in [0.3, 0.4) is 0 Å². The number of aromatic nitrogens is 2. The molecule has 0 bridgehead atoms. The summed E-state index contributed by atoms with van der Waals surface area (Å²) in [5.74, 6) is 1.12. The zero-order valence-corrected chi connectivity index (χ0v) is 13.2. The van der Waals surface area contributed by atoms with Gasteiger partial charge < -0.3 is 16.0 Å². The van der Waals surface area contributed by atoms with Crippen molar-refractivity contribution in [1.82, 2.24) is 15.3 Å². The molecule has 122 valence electrons. The first kappa shape index (κ1) is 16.7. The molecule has 6 nitrogen and oxygen atoms in total. The van der Waals surface area contributed by atoms with E-state index >= 15 is 0 Å². The Bertz CT molecular complexity index is 677. The van der Waals surface area contributed by atoms with Crippen LogP contribution in [0.15, 0.2) is 30.3 Å². The first-order chi connectivity index (χ1) is 11.1. The van der Waals surface area contributed by atoms with Crippen molar-refractivity contribution in [3.63, 3.8) is 0 Å². The van der Waals surface area contributed by atoms with Gasteiger partial charge in [0.05, 0.1) is 5.56 Å². The van der Waals surface area contributed by atoms with Gasteiger partial charge in [-0.2, -0.15) is 0 Å². The van der Waals surface area contributed by atoms with Crippen molar-refractivity contribution in [2.45, 2.75) is 13.8 Å². The van der Waals surface area contributed by atoms with E-state index in [0.717, 1.165) is 12.4 Å². The lowest BCUT2D eigenvalue weighted by Crippen LogP contribution is -2.29. The Kier molecular flexibility index (Phi) is 5.85. The number of anilines is 2. The molecule has 0 saturated heterocycles. The molecule has 0 atom stereocenters. The van der Waals surface area contributed by atoms with Crippen LogP contribution in [0.1, 0.15) is 23.1 Å². The normalized spacial score (nSPS) is 10.2. The molecule has 0 aliphatic carbocycles. The quantitative estimate of drug-likeness (QED) is 0.682. The monoisotopic (exact) mass is 317 g/mol. The summed E-state index contributed by atoms with van der Waals surface area (Å²) < 4.78 is 13.5. The summed E-state index contributed by atoms with van der Waals surface area (Å²) in [6.07, 6.45) is 0. The van der Waals surface area contributed by atoms with Crippen molar-refractivity contribution in [2.75, 3.05) is 30.3 Å². The van der Waals surface area contributed by atoms with Gasteiger partial charge in [0, 0.05) is 25.7 Å². The molecule has 0 aliphatic rings. The van der Waals surface area contributed by atoms with Gasteiger partial charge in [0.2, 0.25) is 0 Å². The Morgan fingerprint density at radius 3 is 2.52 bits per heavy atom. The third-order valence-electron chi connectivity index (χ3n) is 3.03. The zero-order chi connectivity index (χ0) is 16.7. The SMILES string of the molecule is CCNc1cc(NCCNC(=O)c2ccccc2F)nc(C)n1. The van der Waals surface area contributed by atoms with Gasteiger partial charge in [-0.15, -0.1) is 0 Å². The molecule has 1 aromatic heterocycles. The van der Waals surface area contributed by atoms with Gasteiger partial charge in [0.1, 0.15) is 23.3 Å². The summed E-state index contributed by atoms with van der Waals surface area (Å²) in [6, 6.07) is 7.69. The van der Waals surface area contributed by atoms with E-state index in [1.54, 1.807) is 18.2 Å². The van der Waals surface area contributed by atoms with Crippen LogP contribution in [0.5, 0.6) is 0 Å². The van der Waals surface area contributed by atoms with Gasteiger partial charge in [-0.25, -0.2) is 14.4 Å². The fourth-order valence-corrected chi connectivity index (χ4v) is 2.04. The lowest BCUT2D eigenvalue weighted by Gasteiger charge is -2.10. The highest BCUT2D eigenvalue weighted by atomic mass is 19.1. The second kappa shape index (κ2) is 8.07. The molecular weight excluding hydrogens is 297 g/mol. The number of hydrogen-bond acceptors (Lipinski definition) is 5. The van der Waals surface area contributed by atoms with Gasteiger partial charge in [-0.3, -0.25) is 4.79 Å². The van der Waals surface area contributed by atoms with E-state index in [4.69, 9.17) is 0 Å². The van der Waals surface area contributed by atoms with Gasteiger partial charge in [0.15, 0.2) is 0 Å². The van der Waals surface area contributed by atoms with Gasteiger partial charge in [0.25, 0.3) is 5.91 Å². The lowest BCUT2D eigenvalue weighted by atomic mass is 10.2. The Hall–Kier alpha value is -2.70. The molecule has 0 aliphatic heterocycles. The van der Waals surface area contributed by atoms with Crippen LogP contribution in [-0.4, -0.2) is 35.5 Å². The molecule has 0 unspecified atom stereocenters. The Morgan fingerprint density at radius 2 is 1.83 bits per heavy atom. The molecule has 1 amide bonds. The van der Waals surface area contributed by atoms with Crippen molar-refractivity contribution >= 4 is 17.5 Å². The summed E-state index contributed by atoms with van der Waals surface area (Å²) in [5.41, 5.74) is 0.0415. The fraction of sp³-hybridized carbons (Fsp3) is 0.312. The molecule has 2 rings (SSSR count). The topological polar surface area (TPSA) is 78.9 Å². The van der Waals surface area contributed by atoms with E-state index in [0.29, 0.717) is 24.7 Å². The molecular formula is C16H20FN5O. The second-order valence-electron chi connectivity index (χ2n) is 4.88. The average molecular weight is 317 g/mol. The number of rotatable bonds is 7. The summed E-state index contributed by atoms with van der Waals surface area (Å²) in [6.45, 7) is 5.40. The molecule has 0 fully saturated rings. The Labute approximate surface area is 134 Å². The summed E-state index contributed by atoms with van der Waals surface area (Å²) in [4.78, 5) is 20.4. The van der Waals surface area contributed by atoms with Crippen LogP contribution < -0.4 is 16.0 Å². The number of amides is 1. The summed E-state index contributed by atoms with van der Waals surface area (Å²) in [7, 11) is 0. The van der Waals surface area contributed by atoms with E-state index in [-0.39, 0.29) is 5.56 Å². The maximum absolute atomic E-state index is 13.5. The standard InChI is InChI=1S/C16H20FN5O/c1-3-18-14-10-15(22-11(2)21-14)19-8-9-20-16(23)12-6-4-5-7-13(12)17/h4-7,10H,3,8-9H2,1-2H3,(H,20,23)(H2,18,19,21,22). The molecule has 2 aromatic rings. The Morgan fingerprint density at radius 1 is 1.13 bits per heavy atom. The molecule has 0 radical (unpaired) electrons. The lowest BCUT2D eigenvalue weighted by molar-refractivity contribution is 0.0951. The second-order valence-corrected chi connectivity index (χ2v) is 4.88. The van der Waals surface area contributed by atoms with Crippen LogP contribution in [0.25, 0.3) is 0 Å². The van der Waals surface area contributed by atoms with E-state index in [2.05, 4.69) is 25.9 Å². The van der Waals surface area contributed by atoms with Crippen LogP contribution in [0.4, 0.5) is 16.0 Å². The van der Waals surface area contributed by atoms with Crippen molar-refractivity contribution in [2.24, 2.45) is 0 Å². The van der Waals surface area contributed by atoms with E-state index < -0.39 is 11.7 Å². The Balaban J connectivity index is 1.84. The van der Waals surface area contributed by atoms with Crippen molar-refractivity contribution in [3.8, 4) is 0 Å². The molecule has 1 aromatic carbocycles. The van der Waals surface area contributed by atoms with Crippen LogP contribution in [0.2, 0.25) is 0 Å². The van der Waals surface area contributed by atoms with Crippen molar-refractivity contribution < 1.29 is 9.18 Å². The third-order valence-corrected chi connectivity index (χ3v) is 3.03. The van der Waals surface area contributed by atoms with Gasteiger partial charge in [-0.1, -0.05) is 12.1 Å². The molecule has 1 heterocycles. The fourth-order valence-electron chi connectivity index (χ4n) is 2.04. The number of nitrogens with zero attached hydrogens (tertiary/aromatic N) is 2. The number of benzene rings is 1. The minimum absolute atomic E-state index is 0.0415. The van der Waals surface area contributed by atoms with E-state index in [1.165, 1.54) is 12.1 Å². The van der Waals surface area contributed by atoms with Crippen molar-refractivity contribution in [3.05, 3.63) is 47.5 Å². The first-order valence-electron chi connectivity index (χ1n) is 7.46. The summed E-state index contributed by atoms with van der Waals surface area (Å²) in [5, 5.41) is 8.89. The average Bonchev–Trinajstić information content (AvgIpc) is 2.51. The maximum atomic E-state index is 13.5. The number of carbonyl (C=O) groups excluding carboxylic acids is 1. The highest BCUT2D eigenvalue weighted by Crippen LogP contribution is 2.10. The van der Waals surface area contributed by atoms with Gasteiger partial charge >= 0.3 is 0 Å². The molecule has 7 heteroatoms. The molecule has 3 N–H and O–H groups in total. The van der Waals surface area contributed by atoms with Crippen LogP contribution in [0, 0.1) is 12.7 Å². The molecule has 0 saturated carbocycles. The summed E-state index contributed by atoms with van der Waals surface area (Å²) >= 11 is 0. The highest BCUT2D eigenvalue weighted by Gasteiger charge is 2.09. The van der Waals surface area contributed by atoms with E-state index in [9.17, 15) is 9.18 Å².